The van der Waals surface area contributed by atoms with Gasteiger partial charge < -0.3 is 9.30 Å². The number of aryl methyl sites for hydroxylation is 2. The third-order valence-corrected chi connectivity index (χ3v) is 5.82. The molecular formula is C26H22BrN3O. The summed E-state index contributed by atoms with van der Waals surface area (Å²) in [5.74, 6) is 0. The maximum atomic E-state index is 9.71. The molecule has 0 saturated heterocycles. The predicted molar refractivity (Wildman–Crippen MR) is 125 cm³/mol. The van der Waals surface area contributed by atoms with Crippen molar-refractivity contribution in [1.29, 1.82) is 5.26 Å². The zero-order valence-corrected chi connectivity index (χ0v) is 19.0. The summed E-state index contributed by atoms with van der Waals surface area (Å²) in [4.78, 5) is 4.29. The van der Waals surface area contributed by atoms with Crippen molar-refractivity contribution < 1.29 is 4.74 Å². The van der Waals surface area contributed by atoms with E-state index in [2.05, 4.69) is 58.2 Å². The summed E-state index contributed by atoms with van der Waals surface area (Å²) in [6, 6.07) is 24.5. The predicted octanol–water partition coefficient (Wildman–Crippen LogP) is 6.34. The second-order valence-electron chi connectivity index (χ2n) is 7.48. The fourth-order valence-electron chi connectivity index (χ4n) is 3.70. The van der Waals surface area contributed by atoms with Gasteiger partial charge in [-0.05, 0) is 53.4 Å². The summed E-state index contributed by atoms with van der Waals surface area (Å²) in [6.45, 7) is 2.51. The standard InChI is InChI=1S/C26H22BrN3O/c1-18-6-3-4-9-23(18)24-13-20(10-11-21(24)14-28)26(25-15-29-17-30(25)2)31-16-19-7-5-8-22(27)12-19/h3-13,15,17,26H,16H2,1-2H3. The van der Waals surface area contributed by atoms with E-state index in [1.54, 1.807) is 6.33 Å². The number of hydrogen-bond donors (Lipinski definition) is 0. The zero-order chi connectivity index (χ0) is 21.8. The first-order valence-corrected chi connectivity index (χ1v) is 10.8. The quantitative estimate of drug-likeness (QED) is 0.329. The summed E-state index contributed by atoms with van der Waals surface area (Å²) >= 11 is 3.52. The van der Waals surface area contributed by atoms with E-state index < -0.39 is 0 Å². The second kappa shape index (κ2) is 9.30. The lowest BCUT2D eigenvalue weighted by molar-refractivity contribution is 0.0622. The van der Waals surface area contributed by atoms with Crippen molar-refractivity contribution in [2.24, 2.45) is 7.05 Å². The van der Waals surface area contributed by atoms with Crippen molar-refractivity contribution in [1.82, 2.24) is 9.55 Å². The average molecular weight is 472 g/mol. The lowest BCUT2D eigenvalue weighted by Crippen LogP contribution is -2.11. The highest BCUT2D eigenvalue weighted by Gasteiger charge is 2.20. The molecule has 0 radical (unpaired) electrons. The number of aromatic nitrogens is 2. The topological polar surface area (TPSA) is 50.8 Å². The molecule has 4 aromatic rings. The smallest absolute Gasteiger partial charge is 0.124 e. The first-order chi connectivity index (χ1) is 15.1. The Morgan fingerprint density at radius 3 is 2.61 bits per heavy atom. The Labute approximate surface area is 190 Å². The molecule has 1 atom stereocenters. The molecule has 154 valence electrons. The molecule has 4 nitrogen and oxygen atoms in total. The third kappa shape index (κ3) is 4.61. The largest absolute Gasteiger partial charge is 0.363 e. The fraction of sp³-hybridized carbons (Fsp3) is 0.154. The van der Waals surface area contributed by atoms with Crippen molar-refractivity contribution >= 4 is 15.9 Å². The molecule has 1 aromatic heterocycles. The van der Waals surface area contributed by atoms with Crippen molar-refractivity contribution in [3.63, 3.8) is 0 Å². The molecule has 0 N–H and O–H groups in total. The van der Waals surface area contributed by atoms with E-state index in [0.29, 0.717) is 12.2 Å². The molecule has 0 aliphatic rings. The lowest BCUT2D eigenvalue weighted by Gasteiger charge is -2.21. The molecule has 0 fully saturated rings. The monoisotopic (exact) mass is 471 g/mol. The average Bonchev–Trinajstić information content (AvgIpc) is 3.20. The number of ether oxygens (including phenoxy) is 1. The maximum Gasteiger partial charge on any atom is 0.124 e. The van der Waals surface area contributed by atoms with Gasteiger partial charge in [-0.3, -0.25) is 0 Å². The van der Waals surface area contributed by atoms with E-state index in [-0.39, 0.29) is 6.10 Å². The number of halogens is 1. The molecule has 0 aliphatic carbocycles. The summed E-state index contributed by atoms with van der Waals surface area (Å²) in [5, 5.41) is 9.71. The van der Waals surface area contributed by atoms with E-state index in [1.807, 2.05) is 60.3 Å². The second-order valence-corrected chi connectivity index (χ2v) is 8.40. The van der Waals surface area contributed by atoms with Crippen LogP contribution >= 0.6 is 15.9 Å². The Bertz CT molecular complexity index is 1260. The molecular weight excluding hydrogens is 450 g/mol. The van der Waals surface area contributed by atoms with Gasteiger partial charge in [0.25, 0.3) is 0 Å². The highest BCUT2D eigenvalue weighted by Crippen LogP contribution is 2.33. The van der Waals surface area contributed by atoms with E-state index >= 15 is 0 Å². The Morgan fingerprint density at radius 2 is 1.90 bits per heavy atom. The van der Waals surface area contributed by atoms with Gasteiger partial charge >= 0.3 is 0 Å². The first-order valence-electron chi connectivity index (χ1n) is 9.99. The van der Waals surface area contributed by atoms with Crippen molar-refractivity contribution in [3.8, 4) is 17.2 Å². The SMILES string of the molecule is Cc1ccccc1-c1cc(C(OCc2cccc(Br)c2)c2cncn2C)ccc1C#N. The van der Waals surface area contributed by atoms with Crippen LogP contribution in [0.15, 0.2) is 83.7 Å². The van der Waals surface area contributed by atoms with Crippen LogP contribution in [0.2, 0.25) is 0 Å². The fourth-order valence-corrected chi connectivity index (χ4v) is 4.15. The number of imidazole rings is 1. The van der Waals surface area contributed by atoms with Crippen LogP contribution in [-0.2, 0) is 18.4 Å². The van der Waals surface area contributed by atoms with Gasteiger partial charge in [0.15, 0.2) is 0 Å². The Balaban J connectivity index is 1.76. The van der Waals surface area contributed by atoms with Crippen LogP contribution in [0.3, 0.4) is 0 Å². The normalized spacial score (nSPS) is 11.8. The van der Waals surface area contributed by atoms with Crippen molar-refractivity contribution in [2.45, 2.75) is 19.6 Å². The van der Waals surface area contributed by atoms with Crippen molar-refractivity contribution in [2.75, 3.05) is 0 Å². The molecule has 0 saturated carbocycles. The van der Waals surface area contributed by atoms with Crippen LogP contribution in [0.5, 0.6) is 0 Å². The van der Waals surface area contributed by atoms with Crippen LogP contribution < -0.4 is 0 Å². The molecule has 3 aromatic carbocycles. The molecule has 0 aliphatic heterocycles. The summed E-state index contributed by atoms with van der Waals surface area (Å²) in [6.07, 6.45) is 3.29. The minimum Gasteiger partial charge on any atom is -0.363 e. The molecule has 1 heterocycles. The Hall–Kier alpha value is -3.20. The Morgan fingerprint density at radius 1 is 1.06 bits per heavy atom. The molecule has 0 amide bonds. The highest BCUT2D eigenvalue weighted by atomic mass is 79.9. The minimum atomic E-state index is -0.318. The molecule has 4 rings (SSSR count). The molecule has 5 heteroatoms. The lowest BCUT2D eigenvalue weighted by atomic mass is 9.93. The molecule has 0 spiro atoms. The first kappa shape index (κ1) is 21.0. The molecule has 1 unspecified atom stereocenters. The van der Waals surface area contributed by atoms with Gasteiger partial charge in [-0.15, -0.1) is 0 Å². The van der Waals surface area contributed by atoms with E-state index in [4.69, 9.17) is 4.74 Å². The number of nitriles is 1. The van der Waals surface area contributed by atoms with Gasteiger partial charge in [0.2, 0.25) is 0 Å². The summed E-state index contributed by atoms with van der Waals surface area (Å²) in [5.41, 5.74) is 6.76. The van der Waals surface area contributed by atoms with Crippen LogP contribution in [0.25, 0.3) is 11.1 Å². The van der Waals surface area contributed by atoms with Gasteiger partial charge in [0.05, 0.1) is 36.5 Å². The number of nitrogens with zero attached hydrogens (tertiary/aromatic N) is 3. The van der Waals surface area contributed by atoms with Gasteiger partial charge in [0.1, 0.15) is 6.10 Å². The van der Waals surface area contributed by atoms with E-state index in [9.17, 15) is 5.26 Å². The van der Waals surface area contributed by atoms with E-state index in [0.717, 1.165) is 38.0 Å². The van der Waals surface area contributed by atoms with Gasteiger partial charge in [0, 0.05) is 17.1 Å². The van der Waals surface area contributed by atoms with Crippen LogP contribution in [0.4, 0.5) is 0 Å². The summed E-state index contributed by atoms with van der Waals surface area (Å²) < 4.78 is 9.41. The highest BCUT2D eigenvalue weighted by molar-refractivity contribution is 9.10. The summed E-state index contributed by atoms with van der Waals surface area (Å²) in [7, 11) is 1.96. The molecule has 0 bridgehead atoms. The number of hydrogen-bond acceptors (Lipinski definition) is 3. The molecule has 31 heavy (non-hydrogen) atoms. The number of rotatable bonds is 6. The minimum absolute atomic E-state index is 0.318. The third-order valence-electron chi connectivity index (χ3n) is 5.33. The Kier molecular flexibility index (Phi) is 6.31. The zero-order valence-electron chi connectivity index (χ0n) is 17.4. The number of benzene rings is 3. The maximum absolute atomic E-state index is 9.71. The van der Waals surface area contributed by atoms with Gasteiger partial charge in [-0.1, -0.05) is 58.4 Å². The van der Waals surface area contributed by atoms with Gasteiger partial charge in [-0.2, -0.15) is 5.26 Å². The van der Waals surface area contributed by atoms with Crippen molar-refractivity contribution in [3.05, 3.63) is 112 Å². The van der Waals surface area contributed by atoms with E-state index in [1.165, 1.54) is 0 Å². The van der Waals surface area contributed by atoms with Crippen LogP contribution in [0, 0.1) is 18.3 Å². The van der Waals surface area contributed by atoms with Crippen LogP contribution in [-0.4, -0.2) is 9.55 Å². The van der Waals surface area contributed by atoms with Gasteiger partial charge in [-0.25, -0.2) is 4.98 Å². The van der Waals surface area contributed by atoms with Crippen LogP contribution in [0.1, 0.15) is 34.1 Å².